The van der Waals surface area contributed by atoms with Crippen LogP contribution in [0, 0.1) is 0 Å². The first kappa shape index (κ1) is 5.43. The van der Waals surface area contributed by atoms with Crippen molar-refractivity contribution in [3.05, 3.63) is 0 Å². The van der Waals surface area contributed by atoms with E-state index in [1.54, 1.807) is 0 Å². The van der Waals surface area contributed by atoms with Gasteiger partial charge in [-0.05, 0) is 0 Å². The quantitative estimate of drug-likeness (QED) is 0.353. The third-order valence-electron chi connectivity index (χ3n) is 0.358. The highest BCUT2D eigenvalue weighted by atomic mass is 16.5. The zero-order chi connectivity index (χ0) is 4.99. The predicted octanol–water partition coefficient (Wildman–Crippen LogP) is -0.580. The van der Waals surface area contributed by atoms with E-state index in [0.29, 0.717) is 0 Å². The summed E-state index contributed by atoms with van der Waals surface area (Å²) in [6.45, 7) is 0.231. The zero-order valence-corrected chi connectivity index (χ0v) is 3.35. The number of carboxylic acid groups (broad SMARTS) is 1. The Morgan fingerprint density at radius 1 is 1.83 bits per heavy atom. The molecule has 0 bridgehead atoms. The van der Waals surface area contributed by atoms with Crippen LogP contribution in [0.4, 0.5) is 0 Å². The van der Waals surface area contributed by atoms with E-state index < -0.39 is 5.97 Å². The van der Waals surface area contributed by atoms with Crippen LogP contribution in [0.25, 0.3) is 0 Å². The van der Waals surface area contributed by atoms with E-state index in [2.05, 4.69) is 0 Å². The Hall–Kier alpha value is -0.570. The van der Waals surface area contributed by atoms with Gasteiger partial charge in [0.15, 0.2) is 0 Å². The maximum atomic E-state index is 9.52. The Balaban J connectivity index is 2.83. The van der Waals surface area contributed by atoms with Crippen molar-refractivity contribution < 1.29 is 9.90 Å². The molecule has 0 amide bonds. The van der Waals surface area contributed by atoms with Crippen LogP contribution in [-0.2, 0) is 4.79 Å². The summed E-state index contributed by atoms with van der Waals surface area (Å²) in [4.78, 5) is 9.52. The van der Waals surface area contributed by atoms with Gasteiger partial charge in [0.1, 0.15) is 0 Å². The van der Waals surface area contributed by atoms with Crippen LogP contribution in [-0.4, -0.2) is 17.6 Å². The van der Waals surface area contributed by atoms with E-state index in [1.807, 2.05) is 0 Å². The topological polar surface area (TPSA) is 63.3 Å². The fraction of sp³-hybridized carbons (Fsp3) is 0.667. The van der Waals surface area contributed by atoms with Crippen molar-refractivity contribution >= 4 is 5.97 Å². The Morgan fingerprint density at radius 2 is 2.33 bits per heavy atom. The van der Waals surface area contributed by atoms with Crippen molar-refractivity contribution in [1.82, 2.24) is 0 Å². The molecule has 0 spiro atoms. The summed E-state index contributed by atoms with van der Waals surface area (Å²) >= 11 is 0. The van der Waals surface area contributed by atoms with E-state index >= 15 is 0 Å². The number of hydrogen-bond acceptors (Lipinski definition) is 2. The van der Waals surface area contributed by atoms with Crippen molar-refractivity contribution in [2.24, 2.45) is 5.73 Å². The molecule has 6 heavy (non-hydrogen) atoms. The highest BCUT2D eigenvalue weighted by molar-refractivity contribution is 5.66. The van der Waals surface area contributed by atoms with E-state index in [9.17, 15) is 4.79 Å². The largest absolute Gasteiger partial charge is 0.481 e. The van der Waals surface area contributed by atoms with Gasteiger partial charge in [-0.15, -0.1) is 0 Å². The van der Waals surface area contributed by atoms with Crippen molar-refractivity contribution in [3.8, 4) is 0 Å². The second-order valence-electron chi connectivity index (χ2n) is 0.932. The lowest BCUT2D eigenvalue weighted by Gasteiger charge is -1.80. The lowest BCUT2D eigenvalue weighted by atomic mass is 10.6. The standard InChI is InChI=1S/C3H7NO2/c4-2-1-3(5)6/h1-2,4H2,(H,5,6)/i3+1,4+1. The minimum Gasteiger partial charge on any atom is -0.481 e. The van der Waals surface area contributed by atoms with Crippen LogP contribution in [0.1, 0.15) is 6.42 Å². The second kappa shape index (κ2) is 2.66. The molecule has 3 N–H and O–H groups in total. The van der Waals surface area contributed by atoms with E-state index in [0.717, 1.165) is 0 Å². The Labute approximate surface area is 35.8 Å². The molecule has 0 unspecified atom stereocenters. The normalized spacial score (nSPS) is 8.17. The van der Waals surface area contributed by atoms with Gasteiger partial charge in [0.2, 0.25) is 0 Å². The minimum atomic E-state index is -0.836. The van der Waals surface area contributed by atoms with Crippen molar-refractivity contribution in [3.63, 3.8) is 0 Å². The Morgan fingerprint density at radius 3 is 2.33 bits per heavy atom. The Kier molecular flexibility index (Phi) is 2.40. The predicted molar refractivity (Wildman–Crippen MR) is 21.3 cm³/mol. The van der Waals surface area contributed by atoms with Gasteiger partial charge >= 0.3 is 5.97 Å². The molecule has 0 heterocycles. The molecule has 0 radical (unpaired) electrons. The van der Waals surface area contributed by atoms with Gasteiger partial charge in [-0.25, -0.2) is 0 Å². The smallest absolute Gasteiger partial charge is 0.304 e. The second-order valence-corrected chi connectivity index (χ2v) is 0.932. The molecular formula is C3H7NO2. The molecule has 0 aromatic heterocycles. The molecule has 0 atom stereocenters. The molecule has 0 aromatic rings. The number of nitrogens with two attached hydrogens (primary N) is 1. The van der Waals surface area contributed by atoms with Crippen LogP contribution in [0.15, 0.2) is 0 Å². The van der Waals surface area contributed by atoms with Gasteiger partial charge in [0.05, 0.1) is 6.42 Å². The maximum absolute atomic E-state index is 9.52. The molecule has 0 saturated carbocycles. The molecule has 0 rings (SSSR count). The van der Waals surface area contributed by atoms with E-state index in [-0.39, 0.29) is 13.0 Å². The molecule has 0 saturated heterocycles. The number of aliphatic carboxylic acids is 1. The van der Waals surface area contributed by atoms with Gasteiger partial charge < -0.3 is 10.8 Å². The van der Waals surface area contributed by atoms with E-state index in [1.165, 1.54) is 0 Å². The van der Waals surface area contributed by atoms with Crippen molar-refractivity contribution in [2.75, 3.05) is 6.54 Å². The number of hydrogen-bond donors (Lipinski definition) is 2. The van der Waals surface area contributed by atoms with Gasteiger partial charge in [-0.3, -0.25) is 4.79 Å². The van der Waals surface area contributed by atoms with Crippen LogP contribution in [0.3, 0.4) is 0 Å². The SMILES string of the molecule is [15NH2]CC[13C](=O)O. The molecule has 0 fully saturated rings. The fourth-order valence-electron chi connectivity index (χ4n) is 0.123. The molecule has 3 heteroatoms. The highest BCUT2D eigenvalue weighted by Gasteiger charge is 1.87. The molecule has 0 aliphatic rings. The summed E-state index contributed by atoms with van der Waals surface area (Å²) in [5.41, 5.74) is 4.85. The van der Waals surface area contributed by atoms with E-state index in [4.69, 9.17) is 10.8 Å². The molecule has 3 nitrogen and oxygen atoms in total. The lowest BCUT2D eigenvalue weighted by molar-refractivity contribution is -0.136. The zero-order valence-electron chi connectivity index (χ0n) is 3.35. The van der Waals surface area contributed by atoms with Gasteiger partial charge in [-0.2, -0.15) is 0 Å². The number of carboxylic acids is 1. The molecule has 0 aromatic carbocycles. The first-order valence-corrected chi connectivity index (χ1v) is 1.69. The van der Waals surface area contributed by atoms with Gasteiger partial charge in [0, 0.05) is 6.54 Å². The van der Waals surface area contributed by atoms with Gasteiger partial charge in [0.25, 0.3) is 0 Å². The minimum absolute atomic E-state index is 0.0694. The molecule has 0 aliphatic heterocycles. The fourth-order valence-corrected chi connectivity index (χ4v) is 0.123. The average molecular weight is 91.1 g/mol. The summed E-state index contributed by atoms with van der Waals surface area (Å²) in [6, 6.07) is 0. The number of carbonyl (C=O) groups is 1. The number of rotatable bonds is 2. The first-order valence-electron chi connectivity index (χ1n) is 1.69. The summed E-state index contributed by atoms with van der Waals surface area (Å²) < 4.78 is 0. The molecule has 0 aliphatic carbocycles. The lowest BCUT2D eigenvalue weighted by Crippen LogP contribution is -2.05. The first-order chi connectivity index (χ1) is 2.77. The maximum Gasteiger partial charge on any atom is 0.304 e. The van der Waals surface area contributed by atoms with Crippen LogP contribution >= 0.6 is 0 Å². The monoisotopic (exact) mass is 91.0 g/mol. The van der Waals surface area contributed by atoms with Crippen molar-refractivity contribution in [2.45, 2.75) is 6.42 Å². The van der Waals surface area contributed by atoms with Crippen LogP contribution in [0.2, 0.25) is 0 Å². The van der Waals surface area contributed by atoms with Gasteiger partial charge in [-0.1, -0.05) is 0 Å². The summed E-state index contributed by atoms with van der Waals surface area (Å²) in [6.07, 6.45) is 0.0694. The summed E-state index contributed by atoms with van der Waals surface area (Å²) in [7, 11) is 0. The third kappa shape index (κ3) is 3.43. The average Bonchev–Trinajstić information content (AvgIpc) is 1.35. The third-order valence-corrected chi connectivity index (χ3v) is 0.358. The summed E-state index contributed by atoms with van der Waals surface area (Å²) in [5.74, 6) is -0.836. The Bertz CT molecular complexity index is 52.8. The highest BCUT2D eigenvalue weighted by Crippen LogP contribution is 1.67. The molecule has 36 valence electrons. The van der Waals surface area contributed by atoms with Crippen molar-refractivity contribution in [1.29, 1.82) is 0 Å². The molecular weight excluding hydrogens is 84.0 g/mol. The summed E-state index contributed by atoms with van der Waals surface area (Å²) in [5, 5.41) is 7.83. The van der Waals surface area contributed by atoms with Crippen LogP contribution in [0.5, 0.6) is 0 Å². The van der Waals surface area contributed by atoms with Crippen LogP contribution < -0.4 is 5.73 Å².